The topological polar surface area (TPSA) is 73.0 Å². The molecule has 0 aliphatic rings. The Morgan fingerprint density at radius 2 is 1.50 bits per heavy atom. The van der Waals surface area contributed by atoms with Gasteiger partial charge in [0.1, 0.15) is 6.23 Å². The molecule has 0 spiro atoms. The van der Waals surface area contributed by atoms with Crippen molar-refractivity contribution in [3.63, 3.8) is 0 Å². The van der Waals surface area contributed by atoms with Crippen molar-refractivity contribution in [3.05, 3.63) is 38.0 Å². The van der Waals surface area contributed by atoms with Crippen LogP contribution in [-0.4, -0.2) is 58.6 Å². The standard InChI is InChI=1S/C9H17NO2.C8H18N2/c1-4-6-10(7-5-2)9(12)8(3)11;1-3-5-6-8-10(9)7-4-2/h4-5,8-9,11-12H,1-2,6-7H2,3H3;4H,2-3,5-9H2,1H3. The highest BCUT2D eigenvalue weighted by molar-refractivity contribution is 4.82. The van der Waals surface area contributed by atoms with E-state index in [1.807, 2.05) is 6.08 Å². The lowest BCUT2D eigenvalue weighted by molar-refractivity contribution is -0.0659. The highest BCUT2D eigenvalue weighted by Gasteiger charge is 2.17. The van der Waals surface area contributed by atoms with Gasteiger partial charge in [0.25, 0.3) is 0 Å². The van der Waals surface area contributed by atoms with Crippen LogP contribution >= 0.6 is 0 Å². The summed E-state index contributed by atoms with van der Waals surface area (Å²) in [5.41, 5.74) is 0. The molecule has 0 amide bonds. The first-order valence-electron chi connectivity index (χ1n) is 7.86. The third-order valence-electron chi connectivity index (χ3n) is 2.95. The lowest BCUT2D eigenvalue weighted by Gasteiger charge is -2.27. The van der Waals surface area contributed by atoms with Crippen LogP contribution in [0.4, 0.5) is 0 Å². The molecule has 0 aromatic carbocycles. The second-order valence-corrected chi connectivity index (χ2v) is 5.18. The Kier molecular flexibility index (Phi) is 17.4. The highest BCUT2D eigenvalue weighted by Crippen LogP contribution is 2.01. The van der Waals surface area contributed by atoms with Gasteiger partial charge >= 0.3 is 0 Å². The molecule has 5 nitrogen and oxygen atoms in total. The summed E-state index contributed by atoms with van der Waals surface area (Å²) in [5.74, 6) is 5.59. The predicted molar refractivity (Wildman–Crippen MR) is 95.1 cm³/mol. The molecule has 0 saturated carbocycles. The van der Waals surface area contributed by atoms with E-state index in [0.29, 0.717) is 13.1 Å². The van der Waals surface area contributed by atoms with Crippen LogP contribution in [0.25, 0.3) is 0 Å². The van der Waals surface area contributed by atoms with Crippen molar-refractivity contribution in [2.75, 3.05) is 26.2 Å². The van der Waals surface area contributed by atoms with Gasteiger partial charge in [0.15, 0.2) is 0 Å². The van der Waals surface area contributed by atoms with Crippen molar-refractivity contribution in [1.82, 2.24) is 9.91 Å². The fourth-order valence-electron chi connectivity index (χ4n) is 1.75. The first-order chi connectivity index (χ1) is 10.4. The summed E-state index contributed by atoms with van der Waals surface area (Å²) in [6.07, 6.45) is 7.29. The Bertz CT molecular complexity index is 273. The second kappa shape index (κ2) is 16.4. The predicted octanol–water partition coefficient (Wildman–Crippen LogP) is 1.90. The average molecular weight is 313 g/mol. The van der Waals surface area contributed by atoms with Crippen molar-refractivity contribution in [2.45, 2.75) is 45.4 Å². The monoisotopic (exact) mass is 313 g/mol. The van der Waals surface area contributed by atoms with Gasteiger partial charge in [-0.1, -0.05) is 38.0 Å². The first kappa shape index (κ1) is 23.3. The quantitative estimate of drug-likeness (QED) is 0.169. The van der Waals surface area contributed by atoms with E-state index >= 15 is 0 Å². The first-order valence-corrected chi connectivity index (χ1v) is 7.86. The maximum atomic E-state index is 9.43. The molecule has 130 valence electrons. The van der Waals surface area contributed by atoms with Crippen LogP contribution < -0.4 is 5.84 Å². The molecule has 2 atom stereocenters. The molecule has 0 bridgehead atoms. The number of hydrogen-bond acceptors (Lipinski definition) is 5. The highest BCUT2D eigenvalue weighted by atomic mass is 16.3. The van der Waals surface area contributed by atoms with Crippen LogP contribution in [0, 0.1) is 0 Å². The van der Waals surface area contributed by atoms with E-state index < -0.39 is 12.3 Å². The van der Waals surface area contributed by atoms with Crippen molar-refractivity contribution < 1.29 is 10.2 Å². The molecule has 0 aliphatic carbocycles. The Hall–Kier alpha value is -0.980. The minimum Gasteiger partial charge on any atom is -0.389 e. The molecular weight excluding hydrogens is 278 g/mol. The van der Waals surface area contributed by atoms with Gasteiger partial charge in [-0.3, -0.25) is 10.7 Å². The Balaban J connectivity index is 0. The SMILES string of the molecule is C=CCN(CC=C)C(O)C(C)O.C=CCN(N)CCCCC. The van der Waals surface area contributed by atoms with Crippen molar-refractivity contribution >= 4 is 0 Å². The van der Waals surface area contributed by atoms with Gasteiger partial charge < -0.3 is 10.2 Å². The maximum absolute atomic E-state index is 9.43. The number of nitrogens with two attached hydrogens (primary N) is 1. The van der Waals surface area contributed by atoms with Gasteiger partial charge in [-0.05, 0) is 13.3 Å². The Morgan fingerprint density at radius 1 is 1.00 bits per heavy atom. The summed E-state index contributed by atoms with van der Waals surface area (Å²) in [6, 6.07) is 0. The minimum atomic E-state index is -0.846. The minimum absolute atomic E-state index is 0.540. The van der Waals surface area contributed by atoms with E-state index in [9.17, 15) is 5.11 Å². The van der Waals surface area contributed by atoms with Crippen LogP contribution in [0.2, 0.25) is 0 Å². The molecule has 4 N–H and O–H groups in total. The van der Waals surface area contributed by atoms with E-state index in [1.165, 1.54) is 19.3 Å². The van der Waals surface area contributed by atoms with Crippen molar-refractivity contribution in [2.24, 2.45) is 5.84 Å². The summed E-state index contributed by atoms with van der Waals surface area (Å²) in [5, 5.41) is 20.3. The second-order valence-electron chi connectivity index (χ2n) is 5.18. The molecule has 0 radical (unpaired) electrons. The zero-order chi connectivity index (χ0) is 17.4. The smallest absolute Gasteiger partial charge is 0.133 e. The Morgan fingerprint density at radius 3 is 1.86 bits per heavy atom. The molecule has 0 saturated heterocycles. The van der Waals surface area contributed by atoms with Crippen LogP contribution in [0.15, 0.2) is 38.0 Å². The lowest BCUT2D eigenvalue weighted by atomic mass is 10.2. The van der Waals surface area contributed by atoms with Gasteiger partial charge in [0.05, 0.1) is 6.10 Å². The van der Waals surface area contributed by atoms with Gasteiger partial charge in [-0.25, -0.2) is 5.01 Å². The average Bonchev–Trinajstić information content (AvgIpc) is 2.47. The van der Waals surface area contributed by atoms with E-state index in [-0.39, 0.29) is 0 Å². The number of hydrogen-bond donors (Lipinski definition) is 3. The molecule has 0 heterocycles. The van der Waals surface area contributed by atoms with E-state index in [1.54, 1.807) is 29.0 Å². The summed E-state index contributed by atoms with van der Waals surface area (Å²) >= 11 is 0. The number of aliphatic hydroxyl groups is 2. The van der Waals surface area contributed by atoms with Crippen LogP contribution in [0.1, 0.15) is 33.1 Å². The molecule has 0 fully saturated rings. The number of unbranched alkanes of at least 4 members (excludes halogenated alkanes) is 2. The summed E-state index contributed by atoms with van der Waals surface area (Å²) in [7, 11) is 0. The Labute approximate surface area is 136 Å². The molecule has 0 aromatic heterocycles. The lowest BCUT2D eigenvalue weighted by Crippen LogP contribution is -2.42. The maximum Gasteiger partial charge on any atom is 0.133 e. The molecule has 5 heteroatoms. The fourth-order valence-corrected chi connectivity index (χ4v) is 1.75. The number of nitrogens with zero attached hydrogens (tertiary/aromatic N) is 2. The summed E-state index contributed by atoms with van der Waals surface area (Å²) < 4.78 is 0. The van der Waals surface area contributed by atoms with Gasteiger partial charge in [-0.15, -0.1) is 19.7 Å². The van der Waals surface area contributed by atoms with Crippen molar-refractivity contribution in [1.29, 1.82) is 0 Å². The summed E-state index contributed by atoms with van der Waals surface area (Å²) in [4.78, 5) is 1.67. The molecule has 0 rings (SSSR count). The van der Waals surface area contributed by atoms with Gasteiger partial charge in [-0.2, -0.15) is 0 Å². The number of rotatable bonds is 12. The molecule has 2 unspecified atom stereocenters. The fraction of sp³-hybridized carbons (Fsp3) is 0.647. The third kappa shape index (κ3) is 14.0. The van der Waals surface area contributed by atoms with Gasteiger partial charge in [0, 0.05) is 26.2 Å². The van der Waals surface area contributed by atoms with Crippen LogP contribution in [0.3, 0.4) is 0 Å². The molecule has 0 aliphatic heterocycles. The van der Waals surface area contributed by atoms with Gasteiger partial charge in [0.2, 0.25) is 0 Å². The normalized spacial score (nSPS) is 13.2. The molecule has 0 aromatic rings. The molecule has 22 heavy (non-hydrogen) atoms. The van der Waals surface area contributed by atoms with E-state index in [2.05, 4.69) is 26.7 Å². The zero-order valence-corrected chi connectivity index (χ0v) is 14.3. The zero-order valence-electron chi connectivity index (χ0n) is 14.3. The van der Waals surface area contributed by atoms with Crippen LogP contribution in [-0.2, 0) is 0 Å². The van der Waals surface area contributed by atoms with Crippen molar-refractivity contribution in [3.8, 4) is 0 Å². The van der Waals surface area contributed by atoms with Crippen LogP contribution in [0.5, 0.6) is 0 Å². The third-order valence-corrected chi connectivity index (χ3v) is 2.95. The summed E-state index contributed by atoms with van der Waals surface area (Å²) in [6.45, 7) is 17.3. The van der Waals surface area contributed by atoms with E-state index in [0.717, 1.165) is 13.1 Å². The number of aliphatic hydroxyl groups excluding tert-OH is 2. The molecular formula is C17H35N3O2. The van der Waals surface area contributed by atoms with E-state index in [4.69, 9.17) is 10.9 Å². The largest absolute Gasteiger partial charge is 0.389 e. The number of hydrazine groups is 1.